The molecule has 0 unspecified atom stereocenters. The van der Waals surface area contributed by atoms with Crippen molar-refractivity contribution in [3.05, 3.63) is 11.1 Å². The van der Waals surface area contributed by atoms with Gasteiger partial charge in [-0.25, -0.2) is 4.98 Å². The van der Waals surface area contributed by atoms with Crippen LogP contribution in [0.3, 0.4) is 0 Å². The minimum absolute atomic E-state index is 0.753. The smallest absolute Gasteiger partial charge is 0.185 e. The van der Waals surface area contributed by atoms with Crippen LogP contribution in [-0.2, 0) is 11.3 Å². The van der Waals surface area contributed by atoms with E-state index < -0.39 is 0 Å². The first kappa shape index (κ1) is 12.8. The second kappa shape index (κ2) is 6.33. The molecule has 0 bridgehead atoms. The number of methoxy groups -OCH3 is 1. The average Bonchev–Trinajstić information content (AvgIpc) is 3.07. The summed E-state index contributed by atoms with van der Waals surface area (Å²) < 4.78 is 5.11. The van der Waals surface area contributed by atoms with Crippen molar-refractivity contribution in [3.8, 4) is 0 Å². The molecule has 0 spiro atoms. The summed E-state index contributed by atoms with van der Waals surface area (Å²) in [6.07, 6.45) is 4.66. The van der Waals surface area contributed by atoms with Crippen LogP contribution in [0, 0.1) is 0 Å². The number of anilines is 1. The van der Waals surface area contributed by atoms with Crippen LogP contribution in [0.4, 0.5) is 5.13 Å². The first-order valence-electron chi connectivity index (χ1n) is 6.25. The molecule has 1 aromatic rings. The number of nitrogens with zero attached hydrogens (tertiary/aromatic N) is 2. The van der Waals surface area contributed by atoms with Crippen LogP contribution in [0.25, 0.3) is 0 Å². The van der Waals surface area contributed by atoms with E-state index >= 15 is 0 Å². The van der Waals surface area contributed by atoms with E-state index in [-0.39, 0.29) is 0 Å². The maximum Gasteiger partial charge on any atom is 0.185 e. The van der Waals surface area contributed by atoms with Crippen molar-refractivity contribution in [2.24, 2.45) is 0 Å². The Kier molecular flexibility index (Phi) is 4.76. The van der Waals surface area contributed by atoms with Gasteiger partial charge in [-0.2, -0.15) is 0 Å². The Hall–Kier alpha value is -0.650. The van der Waals surface area contributed by atoms with Crippen LogP contribution in [0.1, 0.15) is 24.6 Å². The zero-order valence-corrected chi connectivity index (χ0v) is 11.4. The molecule has 1 saturated carbocycles. The topological polar surface area (TPSA) is 37.4 Å². The van der Waals surface area contributed by atoms with E-state index in [1.54, 1.807) is 18.4 Å². The number of hydrogen-bond acceptors (Lipinski definition) is 5. The van der Waals surface area contributed by atoms with E-state index in [0.717, 1.165) is 37.4 Å². The van der Waals surface area contributed by atoms with E-state index in [1.807, 2.05) is 6.20 Å². The maximum absolute atomic E-state index is 5.11. The molecule has 0 atom stereocenters. The average molecular weight is 255 g/mol. The lowest BCUT2D eigenvalue weighted by molar-refractivity contribution is 0.205. The molecule has 0 radical (unpaired) electrons. The van der Waals surface area contributed by atoms with Gasteiger partial charge in [-0.1, -0.05) is 0 Å². The molecule has 0 aliphatic heterocycles. The lowest BCUT2D eigenvalue weighted by Crippen LogP contribution is -2.26. The molecule has 1 aliphatic carbocycles. The lowest BCUT2D eigenvalue weighted by atomic mass is 10.5. The molecule has 17 heavy (non-hydrogen) atoms. The van der Waals surface area contributed by atoms with Gasteiger partial charge in [0.2, 0.25) is 0 Å². The highest BCUT2D eigenvalue weighted by atomic mass is 32.1. The van der Waals surface area contributed by atoms with E-state index in [9.17, 15) is 0 Å². The van der Waals surface area contributed by atoms with Gasteiger partial charge >= 0.3 is 0 Å². The van der Waals surface area contributed by atoms with E-state index in [0.29, 0.717) is 0 Å². The summed E-state index contributed by atoms with van der Waals surface area (Å²) in [7, 11) is 1.74. The predicted molar refractivity (Wildman–Crippen MR) is 71.7 cm³/mol. The fourth-order valence-electron chi connectivity index (χ4n) is 1.65. The van der Waals surface area contributed by atoms with Gasteiger partial charge in [0.05, 0.1) is 6.61 Å². The first-order valence-corrected chi connectivity index (χ1v) is 7.07. The Bertz CT molecular complexity index is 338. The monoisotopic (exact) mass is 255 g/mol. The molecule has 0 amide bonds. The summed E-state index contributed by atoms with van der Waals surface area (Å²) >= 11 is 1.78. The summed E-state index contributed by atoms with van der Waals surface area (Å²) in [4.78, 5) is 8.07. The van der Waals surface area contributed by atoms with E-state index in [1.165, 1.54) is 17.7 Å². The van der Waals surface area contributed by atoms with Crippen molar-refractivity contribution in [3.63, 3.8) is 0 Å². The van der Waals surface area contributed by atoms with Crippen molar-refractivity contribution in [2.75, 3.05) is 31.7 Å². The van der Waals surface area contributed by atoms with Crippen LogP contribution >= 0.6 is 11.3 Å². The molecule has 0 saturated heterocycles. The Balaban J connectivity index is 1.85. The number of likely N-dealkylation sites (N-methyl/N-ethyl adjacent to an activating group) is 1. The summed E-state index contributed by atoms with van der Waals surface area (Å²) in [5.74, 6) is 0. The fourth-order valence-corrected chi connectivity index (χ4v) is 2.60. The fraction of sp³-hybridized carbons (Fsp3) is 0.750. The third-order valence-electron chi connectivity index (χ3n) is 2.90. The summed E-state index contributed by atoms with van der Waals surface area (Å²) in [6.45, 7) is 5.76. The lowest BCUT2D eigenvalue weighted by Gasteiger charge is -2.18. The molecule has 4 nitrogen and oxygen atoms in total. The number of aromatic nitrogens is 1. The SMILES string of the molecule is CCN(CCOC)c1ncc(CNC2CC2)s1. The number of ether oxygens (including phenoxy) is 1. The standard InChI is InChI=1S/C12H21N3OS/c1-3-15(6-7-16-2)12-14-9-11(17-12)8-13-10-4-5-10/h9-10,13H,3-8H2,1-2H3. The van der Waals surface area contributed by atoms with Crippen LogP contribution in [0.2, 0.25) is 0 Å². The van der Waals surface area contributed by atoms with Crippen molar-refractivity contribution in [1.29, 1.82) is 0 Å². The summed E-state index contributed by atoms with van der Waals surface area (Å²) in [5, 5.41) is 4.62. The molecule has 1 N–H and O–H groups in total. The highest BCUT2D eigenvalue weighted by molar-refractivity contribution is 7.15. The molecule has 2 rings (SSSR count). The maximum atomic E-state index is 5.11. The molecule has 5 heteroatoms. The van der Waals surface area contributed by atoms with Gasteiger partial charge in [-0.15, -0.1) is 11.3 Å². The van der Waals surface area contributed by atoms with Crippen molar-refractivity contribution < 1.29 is 4.74 Å². The van der Waals surface area contributed by atoms with Crippen LogP contribution in [0.5, 0.6) is 0 Å². The van der Waals surface area contributed by atoms with Gasteiger partial charge in [0.15, 0.2) is 5.13 Å². The molecular formula is C12H21N3OS. The number of nitrogens with one attached hydrogen (secondary N) is 1. The number of hydrogen-bond donors (Lipinski definition) is 1. The Morgan fingerprint density at radius 1 is 1.59 bits per heavy atom. The highest BCUT2D eigenvalue weighted by Crippen LogP contribution is 2.24. The number of rotatable bonds is 8. The second-order valence-corrected chi connectivity index (χ2v) is 5.43. The molecule has 1 heterocycles. The zero-order valence-electron chi connectivity index (χ0n) is 10.6. The van der Waals surface area contributed by atoms with Gasteiger partial charge in [0, 0.05) is 43.9 Å². The van der Waals surface area contributed by atoms with E-state index in [2.05, 4.69) is 22.1 Å². The Labute approximate surface area is 107 Å². The van der Waals surface area contributed by atoms with Gasteiger partial charge in [0.1, 0.15) is 0 Å². The van der Waals surface area contributed by atoms with Gasteiger partial charge in [-0.05, 0) is 19.8 Å². The molecule has 1 fully saturated rings. The third-order valence-corrected chi connectivity index (χ3v) is 3.96. The number of thiazole rings is 1. The molecule has 1 aromatic heterocycles. The third kappa shape index (κ3) is 3.94. The Morgan fingerprint density at radius 2 is 2.41 bits per heavy atom. The minimum Gasteiger partial charge on any atom is -0.383 e. The molecular weight excluding hydrogens is 234 g/mol. The first-order chi connectivity index (χ1) is 8.33. The summed E-state index contributed by atoms with van der Waals surface area (Å²) in [6, 6.07) is 0.760. The molecule has 0 aromatic carbocycles. The molecule has 1 aliphatic rings. The van der Waals surface area contributed by atoms with Crippen molar-refractivity contribution in [2.45, 2.75) is 32.4 Å². The van der Waals surface area contributed by atoms with E-state index in [4.69, 9.17) is 4.74 Å². The largest absolute Gasteiger partial charge is 0.383 e. The highest BCUT2D eigenvalue weighted by Gasteiger charge is 2.20. The van der Waals surface area contributed by atoms with Crippen LogP contribution in [0.15, 0.2) is 6.20 Å². The summed E-state index contributed by atoms with van der Waals surface area (Å²) in [5.41, 5.74) is 0. The molecule has 96 valence electrons. The van der Waals surface area contributed by atoms with Crippen LogP contribution < -0.4 is 10.2 Å². The zero-order chi connectivity index (χ0) is 12.1. The normalized spacial score (nSPS) is 15.2. The minimum atomic E-state index is 0.753. The Morgan fingerprint density at radius 3 is 3.06 bits per heavy atom. The van der Waals surface area contributed by atoms with Crippen molar-refractivity contribution >= 4 is 16.5 Å². The van der Waals surface area contributed by atoms with Gasteiger partial charge in [-0.3, -0.25) is 0 Å². The van der Waals surface area contributed by atoms with Crippen LogP contribution in [-0.4, -0.2) is 37.8 Å². The predicted octanol–water partition coefficient (Wildman–Crippen LogP) is 1.87. The van der Waals surface area contributed by atoms with Gasteiger partial charge in [0.25, 0.3) is 0 Å². The van der Waals surface area contributed by atoms with Crippen molar-refractivity contribution in [1.82, 2.24) is 10.3 Å². The van der Waals surface area contributed by atoms with Gasteiger partial charge < -0.3 is 15.0 Å². The second-order valence-electron chi connectivity index (χ2n) is 4.34. The quantitative estimate of drug-likeness (QED) is 0.769.